The first-order valence-electron chi connectivity index (χ1n) is 5.37. The van der Waals surface area contributed by atoms with Crippen LogP contribution in [-0.4, -0.2) is 17.3 Å². The first kappa shape index (κ1) is 16.2. The fraction of sp³-hybridized carbons (Fsp3) is 0.417. The lowest BCUT2D eigenvalue weighted by molar-refractivity contribution is -0.122. The van der Waals surface area contributed by atoms with Crippen molar-refractivity contribution in [1.82, 2.24) is 0 Å². The SMILES string of the molecule is CC(C)(CCl)C(=O)Nc1ccc(SC(F)(F)F)cc1. The van der Waals surface area contributed by atoms with Crippen LogP contribution in [0.3, 0.4) is 0 Å². The van der Waals surface area contributed by atoms with Crippen LogP contribution >= 0.6 is 23.4 Å². The molecule has 1 rings (SSSR count). The Kier molecular flexibility index (Phi) is 5.15. The van der Waals surface area contributed by atoms with Gasteiger partial charge in [0.05, 0.1) is 5.41 Å². The molecular formula is C12H13ClF3NOS. The summed E-state index contributed by atoms with van der Waals surface area (Å²) in [6.07, 6.45) is 0. The maximum Gasteiger partial charge on any atom is 0.446 e. The highest BCUT2D eigenvalue weighted by Crippen LogP contribution is 2.37. The van der Waals surface area contributed by atoms with Crippen LogP contribution in [0.15, 0.2) is 29.2 Å². The lowest BCUT2D eigenvalue weighted by Gasteiger charge is -2.20. The Morgan fingerprint density at radius 1 is 1.26 bits per heavy atom. The quantitative estimate of drug-likeness (QED) is 0.655. The Balaban J connectivity index is 2.70. The first-order valence-corrected chi connectivity index (χ1v) is 6.72. The predicted molar refractivity (Wildman–Crippen MR) is 71.5 cm³/mol. The molecule has 1 N–H and O–H groups in total. The number of thioether (sulfide) groups is 1. The summed E-state index contributed by atoms with van der Waals surface area (Å²) in [5, 5.41) is 2.61. The minimum absolute atomic E-state index is 0.0714. The molecule has 0 aliphatic rings. The van der Waals surface area contributed by atoms with Crippen LogP contribution in [0.2, 0.25) is 0 Å². The van der Waals surface area contributed by atoms with Crippen molar-refractivity contribution in [3.63, 3.8) is 0 Å². The van der Waals surface area contributed by atoms with Crippen molar-refractivity contribution >= 4 is 35.0 Å². The van der Waals surface area contributed by atoms with Gasteiger partial charge in [0.25, 0.3) is 0 Å². The number of rotatable bonds is 4. The van der Waals surface area contributed by atoms with Gasteiger partial charge in [-0.05, 0) is 49.9 Å². The highest BCUT2D eigenvalue weighted by molar-refractivity contribution is 8.00. The van der Waals surface area contributed by atoms with Crippen molar-refractivity contribution in [2.24, 2.45) is 5.41 Å². The molecule has 1 aromatic carbocycles. The minimum atomic E-state index is -4.31. The van der Waals surface area contributed by atoms with Gasteiger partial charge in [0.2, 0.25) is 5.91 Å². The van der Waals surface area contributed by atoms with Gasteiger partial charge in [-0.3, -0.25) is 4.79 Å². The highest BCUT2D eigenvalue weighted by Gasteiger charge is 2.29. The summed E-state index contributed by atoms with van der Waals surface area (Å²) in [6.45, 7) is 3.37. The number of nitrogens with one attached hydrogen (secondary N) is 1. The number of carbonyl (C=O) groups excluding carboxylic acids is 1. The molecule has 0 fully saturated rings. The lowest BCUT2D eigenvalue weighted by Crippen LogP contribution is -2.32. The van der Waals surface area contributed by atoms with Gasteiger partial charge < -0.3 is 5.32 Å². The van der Waals surface area contributed by atoms with E-state index in [1.807, 2.05) is 0 Å². The normalized spacial score (nSPS) is 12.3. The minimum Gasteiger partial charge on any atom is -0.326 e. The van der Waals surface area contributed by atoms with E-state index in [1.165, 1.54) is 24.3 Å². The molecule has 0 aliphatic heterocycles. The summed E-state index contributed by atoms with van der Waals surface area (Å²) in [5.41, 5.74) is -4.61. The number of benzene rings is 1. The number of carbonyl (C=O) groups is 1. The summed E-state index contributed by atoms with van der Waals surface area (Å²) in [6, 6.07) is 5.47. The molecule has 0 aliphatic carbocycles. The molecule has 0 atom stereocenters. The number of halogens is 4. The smallest absolute Gasteiger partial charge is 0.326 e. The lowest BCUT2D eigenvalue weighted by atomic mass is 9.95. The Hall–Kier alpha value is -0.880. The van der Waals surface area contributed by atoms with Gasteiger partial charge in [-0.15, -0.1) is 11.6 Å². The largest absolute Gasteiger partial charge is 0.446 e. The number of hydrogen-bond donors (Lipinski definition) is 1. The van der Waals surface area contributed by atoms with Gasteiger partial charge in [-0.25, -0.2) is 0 Å². The van der Waals surface area contributed by atoms with Crippen LogP contribution in [0.4, 0.5) is 18.9 Å². The molecule has 0 unspecified atom stereocenters. The molecule has 0 radical (unpaired) electrons. The third-order valence-electron chi connectivity index (χ3n) is 2.29. The molecule has 0 bridgehead atoms. The van der Waals surface area contributed by atoms with E-state index in [4.69, 9.17) is 11.6 Å². The zero-order valence-electron chi connectivity index (χ0n) is 10.3. The number of anilines is 1. The monoisotopic (exact) mass is 311 g/mol. The van der Waals surface area contributed by atoms with Crippen LogP contribution in [0.25, 0.3) is 0 Å². The van der Waals surface area contributed by atoms with Gasteiger partial charge in [-0.2, -0.15) is 13.2 Å². The van der Waals surface area contributed by atoms with Gasteiger partial charge >= 0.3 is 5.51 Å². The van der Waals surface area contributed by atoms with Crippen molar-refractivity contribution in [1.29, 1.82) is 0 Å². The molecule has 0 spiro atoms. The predicted octanol–water partition coefficient (Wildman–Crippen LogP) is 4.50. The van der Waals surface area contributed by atoms with Gasteiger partial charge in [0, 0.05) is 16.5 Å². The fourth-order valence-electron chi connectivity index (χ4n) is 1.10. The van der Waals surface area contributed by atoms with E-state index in [1.54, 1.807) is 13.8 Å². The van der Waals surface area contributed by atoms with Crippen molar-refractivity contribution in [2.75, 3.05) is 11.2 Å². The van der Waals surface area contributed by atoms with Crippen molar-refractivity contribution in [3.8, 4) is 0 Å². The van der Waals surface area contributed by atoms with Crippen LogP contribution in [0.1, 0.15) is 13.8 Å². The zero-order valence-corrected chi connectivity index (χ0v) is 11.9. The summed E-state index contributed by atoms with van der Waals surface area (Å²) in [5.74, 6) is -0.125. The van der Waals surface area contributed by atoms with E-state index < -0.39 is 10.9 Å². The molecule has 0 saturated heterocycles. The van der Waals surface area contributed by atoms with Crippen LogP contribution in [0.5, 0.6) is 0 Å². The van der Waals surface area contributed by atoms with Crippen molar-refractivity contribution < 1.29 is 18.0 Å². The second kappa shape index (κ2) is 6.05. The number of hydrogen-bond acceptors (Lipinski definition) is 2. The molecule has 19 heavy (non-hydrogen) atoms. The van der Waals surface area contributed by atoms with E-state index in [2.05, 4.69) is 5.32 Å². The van der Waals surface area contributed by atoms with Crippen LogP contribution in [0, 0.1) is 5.41 Å². The Labute approximate surface area is 118 Å². The Morgan fingerprint density at radius 3 is 2.21 bits per heavy atom. The second-order valence-electron chi connectivity index (χ2n) is 4.54. The molecule has 0 aromatic heterocycles. The average Bonchev–Trinajstić information content (AvgIpc) is 2.29. The maximum absolute atomic E-state index is 12.1. The summed E-state index contributed by atoms with van der Waals surface area (Å²) >= 11 is 5.47. The third-order valence-corrected chi connectivity index (χ3v) is 3.70. The van der Waals surface area contributed by atoms with E-state index in [0.29, 0.717) is 5.69 Å². The van der Waals surface area contributed by atoms with Gasteiger partial charge in [0.15, 0.2) is 0 Å². The maximum atomic E-state index is 12.1. The zero-order chi connectivity index (χ0) is 14.7. The van der Waals surface area contributed by atoms with Crippen LogP contribution in [-0.2, 0) is 4.79 Å². The van der Waals surface area contributed by atoms with Gasteiger partial charge in [-0.1, -0.05) is 0 Å². The summed E-state index contributed by atoms with van der Waals surface area (Å²) < 4.78 is 36.4. The molecule has 2 nitrogen and oxygen atoms in total. The average molecular weight is 312 g/mol. The molecule has 7 heteroatoms. The second-order valence-corrected chi connectivity index (χ2v) is 5.95. The molecule has 1 amide bonds. The fourth-order valence-corrected chi connectivity index (χ4v) is 1.76. The first-order chi connectivity index (χ1) is 8.64. The van der Waals surface area contributed by atoms with Gasteiger partial charge in [0.1, 0.15) is 0 Å². The molecular weight excluding hydrogens is 299 g/mol. The molecule has 1 aromatic rings. The van der Waals surface area contributed by atoms with E-state index in [-0.39, 0.29) is 28.4 Å². The highest BCUT2D eigenvalue weighted by atomic mass is 35.5. The standard InChI is InChI=1S/C12H13ClF3NOS/c1-11(2,7-13)10(18)17-8-3-5-9(6-4-8)19-12(14,15)16/h3-6H,7H2,1-2H3,(H,17,18). The summed E-state index contributed by atoms with van der Waals surface area (Å²) in [7, 11) is 0. The number of amides is 1. The Bertz CT molecular complexity index is 445. The van der Waals surface area contributed by atoms with E-state index in [9.17, 15) is 18.0 Å². The van der Waals surface area contributed by atoms with Crippen molar-refractivity contribution in [2.45, 2.75) is 24.3 Å². The topological polar surface area (TPSA) is 29.1 Å². The third kappa shape index (κ3) is 5.32. The van der Waals surface area contributed by atoms with Crippen molar-refractivity contribution in [3.05, 3.63) is 24.3 Å². The summed E-state index contributed by atoms with van der Waals surface area (Å²) in [4.78, 5) is 11.9. The molecule has 106 valence electrons. The van der Waals surface area contributed by atoms with Crippen LogP contribution < -0.4 is 5.32 Å². The Morgan fingerprint density at radius 2 is 1.79 bits per heavy atom. The molecule has 0 heterocycles. The van der Waals surface area contributed by atoms with E-state index >= 15 is 0 Å². The molecule has 0 saturated carbocycles. The van der Waals surface area contributed by atoms with E-state index in [0.717, 1.165) is 0 Å². The number of alkyl halides is 4.